The summed E-state index contributed by atoms with van der Waals surface area (Å²) in [4.78, 5) is 42.2. The first-order chi connectivity index (χ1) is 22.4. The summed E-state index contributed by atoms with van der Waals surface area (Å²) < 4.78 is 15.6. The molecule has 3 N–H and O–H groups in total. The number of hydrogen-bond donors (Lipinski definition) is 2. The third kappa shape index (κ3) is 4.19. The molecule has 2 amide bonds. The van der Waals surface area contributed by atoms with E-state index < -0.39 is 0 Å². The summed E-state index contributed by atoms with van der Waals surface area (Å²) in [5, 5.41) is 3.83. The molecular formula is C34H34N8O4. The van der Waals surface area contributed by atoms with Gasteiger partial charge in [0.2, 0.25) is 5.88 Å². The number of methoxy groups -OCH3 is 1. The van der Waals surface area contributed by atoms with Gasteiger partial charge in [0.25, 0.3) is 11.8 Å². The molecule has 12 heteroatoms. The van der Waals surface area contributed by atoms with Gasteiger partial charge in [-0.2, -0.15) is 0 Å². The Balaban J connectivity index is 1.14. The second kappa shape index (κ2) is 10.0. The summed E-state index contributed by atoms with van der Waals surface area (Å²) in [6, 6.07) is 11.9. The van der Waals surface area contributed by atoms with Crippen LogP contribution in [-0.4, -0.2) is 73.1 Å². The number of nitrogens with two attached hydrogens (primary N) is 1. The normalized spacial score (nSPS) is 21.9. The molecule has 46 heavy (non-hydrogen) atoms. The Hall–Kier alpha value is -4.97. The molecule has 1 aromatic carbocycles. The zero-order valence-corrected chi connectivity index (χ0v) is 25.7. The van der Waals surface area contributed by atoms with Gasteiger partial charge < -0.3 is 34.6 Å². The Morgan fingerprint density at radius 2 is 2.00 bits per heavy atom. The quantitative estimate of drug-likeness (QED) is 0.291. The monoisotopic (exact) mass is 618 g/mol. The van der Waals surface area contributed by atoms with Crippen molar-refractivity contribution in [2.45, 2.75) is 44.3 Å². The highest BCUT2D eigenvalue weighted by Gasteiger charge is 2.47. The highest BCUT2D eigenvalue weighted by Crippen LogP contribution is 2.40. The van der Waals surface area contributed by atoms with E-state index in [0.717, 1.165) is 58.7 Å². The van der Waals surface area contributed by atoms with Crippen molar-refractivity contribution in [1.82, 2.24) is 29.0 Å². The Morgan fingerprint density at radius 3 is 2.76 bits per heavy atom. The second-order valence-corrected chi connectivity index (χ2v) is 13.1. The lowest BCUT2D eigenvalue weighted by Crippen LogP contribution is -2.41. The van der Waals surface area contributed by atoms with Crippen molar-refractivity contribution >= 4 is 39.6 Å². The number of amides is 2. The van der Waals surface area contributed by atoms with Crippen LogP contribution in [0.5, 0.6) is 11.6 Å². The minimum absolute atomic E-state index is 0.0163. The van der Waals surface area contributed by atoms with Crippen LogP contribution in [0.1, 0.15) is 36.0 Å². The van der Waals surface area contributed by atoms with Crippen LogP contribution >= 0.6 is 0 Å². The van der Waals surface area contributed by atoms with E-state index in [9.17, 15) is 9.59 Å². The number of anilines is 1. The summed E-state index contributed by atoms with van der Waals surface area (Å²) in [5.41, 5.74) is 12.4. The summed E-state index contributed by atoms with van der Waals surface area (Å²) in [6.07, 6.45) is 6.12. The number of imidazole rings is 1. The van der Waals surface area contributed by atoms with Gasteiger partial charge in [0.05, 0.1) is 24.0 Å². The third-order valence-corrected chi connectivity index (χ3v) is 10.2. The van der Waals surface area contributed by atoms with Gasteiger partial charge in [-0.25, -0.2) is 15.0 Å². The van der Waals surface area contributed by atoms with Gasteiger partial charge in [0, 0.05) is 54.9 Å². The average Bonchev–Trinajstić information content (AvgIpc) is 3.47. The van der Waals surface area contributed by atoms with E-state index >= 15 is 0 Å². The van der Waals surface area contributed by atoms with Gasteiger partial charge >= 0.3 is 0 Å². The highest BCUT2D eigenvalue weighted by molar-refractivity contribution is 6.01. The van der Waals surface area contributed by atoms with E-state index in [0.29, 0.717) is 46.8 Å². The van der Waals surface area contributed by atoms with Crippen LogP contribution in [0.25, 0.3) is 44.8 Å². The minimum atomic E-state index is -0.208. The van der Waals surface area contributed by atoms with Crippen LogP contribution in [0.3, 0.4) is 0 Å². The highest BCUT2D eigenvalue weighted by atomic mass is 16.5. The van der Waals surface area contributed by atoms with Crippen molar-refractivity contribution in [1.29, 1.82) is 0 Å². The Morgan fingerprint density at radius 1 is 1.13 bits per heavy atom. The molecule has 3 atom stereocenters. The second-order valence-electron chi connectivity index (χ2n) is 13.1. The summed E-state index contributed by atoms with van der Waals surface area (Å²) in [5.74, 6) is 2.52. The van der Waals surface area contributed by atoms with Gasteiger partial charge in [-0.15, -0.1) is 0 Å². The largest absolute Gasteiger partial charge is 0.494 e. The van der Waals surface area contributed by atoms with Crippen molar-refractivity contribution in [2.75, 3.05) is 25.6 Å². The number of aryl methyl sites for hydroxylation is 1. The topological polar surface area (TPSA) is 142 Å². The number of aromatic nitrogens is 5. The van der Waals surface area contributed by atoms with Gasteiger partial charge in [-0.05, 0) is 73.9 Å². The molecule has 6 heterocycles. The number of rotatable bonds is 6. The molecule has 2 aliphatic heterocycles. The van der Waals surface area contributed by atoms with Crippen molar-refractivity contribution in [3.63, 3.8) is 0 Å². The van der Waals surface area contributed by atoms with E-state index in [2.05, 4.69) is 27.0 Å². The average molecular weight is 619 g/mol. The lowest BCUT2D eigenvalue weighted by molar-refractivity contribution is -0.118. The molecule has 234 valence electrons. The Labute approximate surface area is 264 Å². The lowest BCUT2D eigenvalue weighted by atomic mass is 10.1. The van der Waals surface area contributed by atoms with Crippen LogP contribution in [0.15, 0.2) is 42.6 Å². The summed E-state index contributed by atoms with van der Waals surface area (Å²) >= 11 is 0. The molecular weight excluding hydrogens is 584 g/mol. The Kier molecular flexibility index (Phi) is 5.95. The van der Waals surface area contributed by atoms with E-state index in [1.54, 1.807) is 13.3 Å². The van der Waals surface area contributed by atoms with E-state index in [-0.39, 0.29) is 30.5 Å². The Bertz CT molecular complexity index is 2100. The van der Waals surface area contributed by atoms with Crippen LogP contribution in [0.4, 0.5) is 5.69 Å². The molecule has 3 fully saturated rings. The molecule has 4 aromatic heterocycles. The molecule has 3 unspecified atom stereocenters. The molecule has 2 bridgehead atoms. The van der Waals surface area contributed by atoms with Gasteiger partial charge in [0.15, 0.2) is 12.4 Å². The molecule has 1 saturated heterocycles. The SMILES string of the molecule is COc1cc(C(=O)N2CC3CCC2C3N)cc2nc(-c3cc4ccc(-c5cnc6c(c5)NC(=O)CO6)nc4n3CC3CC3)n(C)c12. The molecule has 0 spiro atoms. The number of likely N-dealkylation sites (tertiary alicyclic amines) is 1. The number of nitrogens with one attached hydrogen (secondary N) is 1. The standard InChI is InChI=1S/C34H34N8O4/c1-40-30-23(9-20(12-27(30)45-2)34(44)42-15-19-6-8-25(42)29(19)35)39-32(40)26-11-18-5-7-22(38-31(18)41(26)14-17-3-4-17)21-10-24-33(36-13-21)46-16-28(43)37-24/h5,7,9-13,17,19,25,29H,3-4,6,8,14-16,35H2,1-2H3,(H,37,43). The smallest absolute Gasteiger partial charge is 0.262 e. The number of carbonyl (C=O) groups is 2. The van der Waals surface area contributed by atoms with Crippen molar-refractivity contribution < 1.29 is 19.1 Å². The number of hydrogen-bond acceptors (Lipinski definition) is 8. The number of fused-ring (bicyclic) bond motifs is 5. The minimum Gasteiger partial charge on any atom is -0.494 e. The first-order valence-corrected chi connectivity index (χ1v) is 15.9. The molecule has 9 rings (SSSR count). The molecule has 5 aromatic rings. The maximum absolute atomic E-state index is 13.7. The maximum atomic E-state index is 13.7. The van der Waals surface area contributed by atoms with Crippen LogP contribution in [0.2, 0.25) is 0 Å². The predicted octanol–water partition coefficient (Wildman–Crippen LogP) is 3.96. The first kappa shape index (κ1) is 27.3. The maximum Gasteiger partial charge on any atom is 0.262 e. The van der Waals surface area contributed by atoms with Crippen molar-refractivity contribution in [3.05, 3.63) is 48.2 Å². The number of pyridine rings is 2. The zero-order chi connectivity index (χ0) is 31.3. The number of piperidine rings is 1. The number of carbonyl (C=O) groups excluding carboxylic acids is 2. The predicted molar refractivity (Wildman–Crippen MR) is 172 cm³/mol. The van der Waals surface area contributed by atoms with Crippen LogP contribution < -0.4 is 20.5 Å². The van der Waals surface area contributed by atoms with Crippen LogP contribution in [0, 0.1) is 11.8 Å². The fourth-order valence-corrected chi connectivity index (χ4v) is 7.60. The molecule has 2 saturated carbocycles. The lowest BCUT2D eigenvalue weighted by Gasteiger charge is -2.27. The molecule has 4 aliphatic rings. The van der Waals surface area contributed by atoms with Crippen LogP contribution in [-0.2, 0) is 18.4 Å². The number of ether oxygens (including phenoxy) is 2. The molecule has 0 radical (unpaired) electrons. The van der Waals surface area contributed by atoms with E-state index in [4.69, 9.17) is 25.2 Å². The van der Waals surface area contributed by atoms with Crippen molar-refractivity contribution in [3.8, 4) is 34.4 Å². The fraction of sp³-hybridized carbons (Fsp3) is 0.382. The number of nitrogens with zero attached hydrogens (tertiary/aromatic N) is 6. The number of benzene rings is 1. The van der Waals surface area contributed by atoms with Gasteiger partial charge in [-0.3, -0.25) is 9.59 Å². The van der Waals surface area contributed by atoms with Crippen molar-refractivity contribution in [2.24, 2.45) is 24.6 Å². The third-order valence-electron chi connectivity index (χ3n) is 10.2. The van der Waals surface area contributed by atoms with Gasteiger partial charge in [-0.1, -0.05) is 0 Å². The summed E-state index contributed by atoms with van der Waals surface area (Å²) in [6.45, 7) is 1.49. The fourth-order valence-electron chi connectivity index (χ4n) is 7.60. The van der Waals surface area contributed by atoms with E-state index in [1.165, 1.54) is 12.8 Å². The molecule has 12 nitrogen and oxygen atoms in total. The molecule has 2 aliphatic carbocycles. The van der Waals surface area contributed by atoms with Gasteiger partial charge in [0.1, 0.15) is 22.6 Å². The zero-order valence-electron chi connectivity index (χ0n) is 25.7. The first-order valence-electron chi connectivity index (χ1n) is 15.9. The summed E-state index contributed by atoms with van der Waals surface area (Å²) in [7, 11) is 3.62. The van der Waals surface area contributed by atoms with E-state index in [1.807, 2.05) is 40.8 Å².